The second-order valence-electron chi connectivity index (χ2n) is 6.25. The van der Waals surface area contributed by atoms with E-state index in [1.54, 1.807) is 0 Å². The molecule has 0 saturated carbocycles. The van der Waals surface area contributed by atoms with Crippen LogP contribution in [-0.4, -0.2) is 49.7 Å². The third-order valence-corrected chi connectivity index (χ3v) is 3.43. The quantitative estimate of drug-likeness (QED) is 0.722. The molecule has 2 saturated heterocycles. The number of likely N-dealkylation sites (tertiary alicyclic amines) is 1. The first-order chi connectivity index (χ1) is 8.32. The van der Waals surface area contributed by atoms with Gasteiger partial charge < -0.3 is 15.0 Å². The molecule has 2 aliphatic rings. The first kappa shape index (κ1) is 15.4. The predicted molar refractivity (Wildman–Crippen MR) is 73.5 cm³/mol. The fraction of sp³-hybridized carbons (Fsp3) is 0.929. The Kier molecular flexibility index (Phi) is 4.78. The molecular formula is C14H28N2O2. The number of nitrogens with zero attached hydrogens (tertiary/aromatic N) is 1. The van der Waals surface area contributed by atoms with Crippen LogP contribution in [0.15, 0.2) is 0 Å². The summed E-state index contributed by atoms with van der Waals surface area (Å²) in [5.74, 6) is -0.00600. The van der Waals surface area contributed by atoms with E-state index in [-0.39, 0.29) is 22.9 Å². The minimum Gasteiger partial charge on any atom is -0.460 e. The lowest BCUT2D eigenvalue weighted by Gasteiger charge is -2.48. The molecule has 0 aromatic rings. The van der Waals surface area contributed by atoms with E-state index in [2.05, 4.69) is 17.3 Å². The number of nitrogens with one attached hydrogen (secondary N) is 1. The summed E-state index contributed by atoms with van der Waals surface area (Å²) in [6, 6.07) is 0. The summed E-state index contributed by atoms with van der Waals surface area (Å²) in [5, 5.41) is 3.32. The third-order valence-electron chi connectivity index (χ3n) is 3.43. The van der Waals surface area contributed by atoms with E-state index >= 15 is 0 Å². The predicted octanol–water partition coefficient (Wildman–Crippen LogP) is 1.51. The summed E-state index contributed by atoms with van der Waals surface area (Å²) in [5.41, 5.74) is -0.242. The standard InChI is InChI=1S/C12H22N2O2.C2H6/c1-11(2,3)16-10(15)9-5-13-6-12(9)7-14(4)8-12;1-2/h9,13H,5-8H2,1-4H3;1-2H3/t9-;/m0./s1. The Morgan fingerprint density at radius 2 is 1.89 bits per heavy atom. The van der Waals surface area contributed by atoms with Crippen LogP contribution in [0.25, 0.3) is 0 Å². The molecule has 2 rings (SSSR count). The molecule has 1 N–H and O–H groups in total. The molecule has 1 atom stereocenters. The molecule has 0 radical (unpaired) electrons. The average Bonchev–Trinajstić information content (AvgIpc) is 2.62. The second-order valence-corrected chi connectivity index (χ2v) is 6.25. The highest BCUT2D eigenvalue weighted by molar-refractivity contribution is 5.75. The summed E-state index contributed by atoms with van der Waals surface area (Å²) in [6.45, 7) is 13.5. The normalized spacial score (nSPS) is 26.2. The van der Waals surface area contributed by atoms with E-state index in [4.69, 9.17) is 4.74 Å². The van der Waals surface area contributed by atoms with E-state index in [1.807, 2.05) is 34.6 Å². The molecule has 2 heterocycles. The lowest BCUT2D eigenvalue weighted by molar-refractivity contribution is -0.167. The molecule has 1 spiro atoms. The number of hydrogen-bond acceptors (Lipinski definition) is 4. The zero-order valence-electron chi connectivity index (χ0n) is 12.7. The van der Waals surface area contributed by atoms with Crippen LogP contribution in [0.2, 0.25) is 0 Å². The maximum absolute atomic E-state index is 12.1. The fourth-order valence-corrected chi connectivity index (χ4v) is 2.87. The van der Waals surface area contributed by atoms with E-state index in [9.17, 15) is 4.79 Å². The smallest absolute Gasteiger partial charge is 0.311 e. The fourth-order valence-electron chi connectivity index (χ4n) is 2.87. The Balaban J connectivity index is 0.000000771. The van der Waals surface area contributed by atoms with Crippen LogP contribution in [0.3, 0.4) is 0 Å². The SMILES string of the molecule is CC.CN1CC2(CNC[C@H]2C(=O)OC(C)(C)C)C1. The van der Waals surface area contributed by atoms with Crippen LogP contribution in [-0.2, 0) is 9.53 Å². The average molecular weight is 256 g/mol. The number of carbonyl (C=O) groups is 1. The molecule has 0 aliphatic carbocycles. The molecule has 0 aromatic heterocycles. The van der Waals surface area contributed by atoms with Gasteiger partial charge in [0.1, 0.15) is 5.60 Å². The van der Waals surface area contributed by atoms with Crippen molar-refractivity contribution in [1.29, 1.82) is 0 Å². The van der Waals surface area contributed by atoms with Gasteiger partial charge in [0.25, 0.3) is 0 Å². The molecule has 0 amide bonds. The number of carbonyl (C=O) groups excluding carboxylic acids is 1. The highest BCUT2D eigenvalue weighted by Crippen LogP contribution is 2.40. The lowest BCUT2D eigenvalue weighted by atomic mass is 9.72. The van der Waals surface area contributed by atoms with Gasteiger partial charge in [0, 0.05) is 31.6 Å². The summed E-state index contributed by atoms with van der Waals surface area (Å²) >= 11 is 0. The topological polar surface area (TPSA) is 41.6 Å². The first-order valence-corrected chi connectivity index (χ1v) is 6.95. The van der Waals surface area contributed by atoms with Gasteiger partial charge in [0.05, 0.1) is 5.92 Å². The Hall–Kier alpha value is -0.610. The van der Waals surface area contributed by atoms with Crippen molar-refractivity contribution in [3.8, 4) is 0 Å². The number of rotatable bonds is 1. The first-order valence-electron chi connectivity index (χ1n) is 6.95. The van der Waals surface area contributed by atoms with Crippen LogP contribution in [0.1, 0.15) is 34.6 Å². The van der Waals surface area contributed by atoms with Gasteiger partial charge in [-0.3, -0.25) is 4.79 Å². The Bertz CT molecular complexity index is 291. The van der Waals surface area contributed by atoms with Crippen LogP contribution in [0.4, 0.5) is 0 Å². The Labute approximate surface area is 111 Å². The van der Waals surface area contributed by atoms with Gasteiger partial charge >= 0.3 is 5.97 Å². The second kappa shape index (κ2) is 5.57. The van der Waals surface area contributed by atoms with Gasteiger partial charge in [0.15, 0.2) is 0 Å². The zero-order chi connectivity index (χ0) is 14.0. The van der Waals surface area contributed by atoms with Gasteiger partial charge in [-0.25, -0.2) is 0 Å². The van der Waals surface area contributed by atoms with Gasteiger partial charge in [-0.1, -0.05) is 13.8 Å². The largest absolute Gasteiger partial charge is 0.460 e. The van der Waals surface area contributed by atoms with Crippen LogP contribution >= 0.6 is 0 Å². The van der Waals surface area contributed by atoms with Crippen LogP contribution in [0, 0.1) is 11.3 Å². The van der Waals surface area contributed by atoms with Crippen molar-refractivity contribution in [3.05, 3.63) is 0 Å². The molecule has 18 heavy (non-hydrogen) atoms. The van der Waals surface area contributed by atoms with E-state index in [0.717, 1.165) is 26.2 Å². The van der Waals surface area contributed by atoms with E-state index in [0.29, 0.717) is 0 Å². The lowest BCUT2D eigenvalue weighted by Crippen LogP contribution is -2.60. The van der Waals surface area contributed by atoms with Crippen molar-refractivity contribution >= 4 is 5.97 Å². The van der Waals surface area contributed by atoms with Gasteiger partial charge in [-0.2, -0.15) is 0 Å². The maximum atomic E-state index is 12.1. The number of esters is 1. The Morgan fingerprint density at radius 3 is 2.33 bits per heavy atom. The molecular weight excluding hydrogens is 228 g/mol. The number of hydrogen-bond donors (Lipinski definition) is 1. The van der Waals surface area contributed by atoms with Crippen molar-refractivity contribution in [1.82, 2.24) is 10.2 Å². The molecule has 2 fully saturated rings. The minimum absolute atomic E-state index is 0.0305. The molecule has 0 unspecified atom stereocenters. The van der Waals surface area contributed by atoms with Crippen LogP contribution < -0.4 is 5.32 Å². The maximum Gasteiger partial charge on any atom is 0.311 e. The van der Waals surface area contributed by atoms with Crippen molar-refractivity contribution < 1.29 is 9.53 Å². The highest BCUT2D eigenvalue weighted by atomic mass is 16.6. The summed E-state index contributed by atoms with van der Waals surface area (Å²) < 4.78 is 5.49. The van der Waals surface area contributed by atoms with E-state index in [1.165, 1.54) is 0 Å². The van der Waals surface area contributed by atoms with Crippen molar-refractivity contribution in [2.24, 2.45) is 11.3 Å². The molecule has 0 bridgehead atoms. The monoisotopic (exact) mass is 256 g/mol. The van der Waals surface area contributed by atoms with Gasteiger partial charge in [0.2, 0.25) is 0 Å². The summed E-state index contributed by atoms with van der Waals surface area (Å²) in [6.07, 6.45) is 0. The molecule has 0 aromatic carbocycles. The highest BCUT2D eigenvalue weighted by Gasteiger charge is 2.54. The van der Waals surface area contributed by atoms with Crippen molar-refractivity contribution in [2.45, 2.75) is 40.2 Å². The zero-order valence-corrected chi connectivity index (χ0v) is 12.7. The van der Waals surface area contributed by atoms with Gasteiger partial charge in [-0.15, -0.1) is 0 Å². The summed E-state index contributed by atoms with van der Waals surface area (Å²) in [4.78, 5) is 14.3. The molecule has 2 aliphatic heterocycles. The molecule has 106 valence electrons. The van der Waals surface area contributed by atoms with Crippen molar-refractivity contribution in [2.75, 3.05) is 33.2 Å². The van der Waals surface area contributed by atoms with Crippen LogP contribution in [0.5, 0.6) is 0 Å². The van der Waals surface area contributed by atoms with Crippen molar-refractivity contribution in [3.63, 3.8) is 0 Å². The van der Waals surface area contributed by atoms with Gasteiger partial charge in [-0.05, 0) is 27.8 Å². The summed E-state index contributed by atoms with van der Waals surface area (Å²) in [7, 11) is 2.09. The molecule has 4 heteroatoms. The molecule has 4 nitrogen and oxygen atoms in total. The van der Waals surface area contributed by atoms with E-state index < -0.39 is 0 Å². The Morgan fingerprint density at radius 1 is 1.33 bits per heavy atom. The number of ether oxygens (including phenoxy) is 1. The minimum atomic E-state index is -0.378. The third kappa shape index (κ3) is 3.23.